The third-order valence-corrected chi connectivity index (χ3v) is 16.2. The van der Waals surface area contributed by atoms with Crippen LogP contribution in [-0.2, 0) is 35.1 Å². The zero-order valence-corrected chi connectivity index (χ0v) is 45.6. The standard InChI is InChI=1S/C58H76N6O12/c1-32(2)30-62-22-20-58(21-23-62)60-46-43-44-51(69)38(8)54-45(43)55(71)57(9,76-54)74-28-19-40(73-10)35(5)53(75-42(66)29-41(65)64-26-24-63(25-27-64)31-39-17-12-11-13-18-39)37(7)50(68)36(6)49(67)33(3)15-14-16-34(4)56(72)59-48(52(44)70)47(46)61-58/h11-19,28,32-33,35-37,40,49-50,53,61,67-69H,20-27,29-31H2,1-10H3,(H,59,72)/b15-14+,28-19+,34-16-/t33-,35+,36+,37+,40-,49-,50+,53+,57-/m0/s1. The zero-order chi connectivity index (χ0) is 55.0. The van der Waals surface area contributed by atoms with Crippen LogP contribution in [0.2, 0.25) is 0 Å². The third kappa shape index (κ3) is 11.3. The van der Waals surface area contributed by atoms with E-state index in [0.29, 0.717) is 58.0 Å². The number of methoxy groups -OCH3 is 1. The Morgan fingerprint density at radius 1 is 0.868 bits per heavy atom. The van der Waals surface area contributed by atoms with Gasteiger partial charge in [0.1, 0.15) is 35.4 Å². The van der Waals surface area contributed by atoms with Gasteiger partial charge in [0.2, 0.25) is 11.7 Å². The number of amides is 2. The quantitative estimate of drug-likeness (QED) is 0.166. The second-order valence-electron chi connectivity index (χ2n) is 22.2. The lowest BCUT2D eigenvalue weighted by molar-refractivity contribution is -0.165. The maximum Gasteiger partial charge on any atom is 0.315 e. The largest absolute Gasteiger partial charge is 0.507 e. The molecule has 0 unspecified atom stereocenters. The summed E-state index contributed by atoms with van der Waals surface area (Å²) < 4.78 is 24.7. The molecule has 0 radical (unpaired) electrons. The number of aliphatic hydroxyl groups excluding tert-OH is 2. The summed E-state index contributed by atoms with van der Waals surface area (Å²) in [5.74, 6) is -8.07. The fourth-order valence-electron chi connectivity index (χ4n) is 11.5. The van der Waals surface area contributed by atoms with Crippen LogP contribution >= 0.6 is 0 Å². The molecule has 2 amide bonds. The normalized spacial score (nSPS) is 30.9. The lowest BCUT2D eigenvalue weighted by Gasteiger charge is -2.38. The molecule has 410 valence electrons. The van der Waals surface area contributed by atoms with Crippen LogP contribution in [0.1, 0.15) is 112 Å². The Bertz CT molecular complexity index is 2730. The first-order valence-corrected chi connectivity index (χ1v) is 26.7. The van der Waals surface area contributed by atoms with E-state index in [1.54, 1.807) is 57.7 Å². The number of piperidine rings is 1. The summed E-state index contributed by atoms with van der Waals surface area (Å²) in [6.07, 6.45) is 3.87. The number of aliphatic hydroxyl groups is 2. The highest BCUT2D eigenvalue weighted by molar-refractivity contribution is 6.34. The first kappa shape index (κ1) is 56.0. The maximum absolute atomic E-state index is 15.0. The molecular weight excluding hydrogens is 973 g/mol. The first-order valence-electron chi connectivity index (χ1n) is 26.7. The fraction of sp³-hybridized carbons (Fsp3) is 0.552. The highest BCUT2D eigenvalue weighted by Crippen LogP contribution is 2.50. The molecule has 2 aromatic carbocycles. The van der Waals surface area contributed by atoms with Crippen LogP contribution in [0, 0.1) is 36.5 Å². The summed E-state index contributed by atoms with van der Waals surface area (Å²) in [6, 6.07) is 10.1. The van der Waals surface area contributed by atoms with Crippen molar-refractivity contribution >= 4 is 35.1 Å². The number of carbonyl (C=O) groups is 5. The topological polar surface area (TPSA) is 229 Å². The van der Waals surface area contributed by atoms with Crippen molar-refractivity contribution in [3.8, 4) is 11.5 Å². The van der Waals surface area contributed by atoms with Crippen molar-refractivity contribution in [1.82, 2.24) is 25.3 Å². The van der Waals surface area contributed by atoms with Gasteiger partial charge >= 0.3 is 11.8 Å². The van der Waals surface area contributed by atoms with Crippen molar-refractivity contribution in [3.63, 3.8) is 0 Å². The number of esters is 1. The predicted octanol–water partition coefficient (Wildman–Crippen LogP) is 5.33. The lowest BCUT2D eigenvalue weighted by atomic mass is 9.78. The molecule has 1 aliphatic carbocycles. The van der Waals surface area contributed by atoms with E-state index in [2.05, 4.69) is 46.4 Å². The SMILES string of the molecule is CO[C@H]1/C=C/O[C@@]2(C)Oc3c(C)c(O)c4c(c3C2=O)C2=NC3(CCN(CC(C)C)CC3)NC2=C(NC(=O)/C(C)=C\C=C\[C@H](C)[C@H](O)[C@@H](C)[C@@H](O)[C@@H](C)[C@H](OC(=O)CC(=O)N2CCN(Cc3ccccc3)CC2)[C@@H]1C)C4=O. The molecule has 5 bridgehead atoms. The van der Waals surface area contributed by atoms with Crippen molar-refractivity contribution in [2.45, 2.75) is 124 Å². The number of hydrogen-bond acceptors (Lipinski definition) is 16. The molecule has 6 aliphatic heterocycles. The summed E-state index contributed by atoms with van der Waals surface area (Å²) in [5.41, 5.74) is 0.772. The molecular formula is C58H76N6O12. The molecule has 1 spiro atoms. The fourth-order valence-corrected chi connectivity index (χ4v) is 11.5. The van der Waals surface area contributed by atoms with Gasteiger partial charge in [0.15, 0.2) is 0 Å². The van der Waals surface area contributed by atoms with Gasteiger partial charge in [-0.25, -0.2) is 0 Å². The van der Waals surface area contributed by atoms with Crippen molar-refractivity contribution in [2.24, 2.45) is 34.6 Å². The number of phenols is 1. The number of allylic oxidation sites excluding steroid dienone is 4. The average Bonchev–Trinajstić information content (AvgIpc) is 4.01. The first-order chi connectivity index (χ1) is 36.1. The number of likely N-dealkylation sites (tertiary alicyclic amines) is 1. The smallest absolute Gasteiger partial charge is 0.315 e. The lowest BCUT2D eigenvalue weighted by Crippen LogP contribution is -2.50. The van der Waals surface area contributed by atoms with Gasteiger partial charge in [-0.2, -0.15) is 0 Å². The Hall–Kier alpha value is -6.18. The van der Waals surface area contributed by atoms with Gasteiger partial charge in [-0.3, -0.25) is 33.9 Å². The number of hydrogen-bond donors (Lipinski definition) is 5. The molecule has 2 fully saturated rings. The number of fused-ring (bicyclic) bond motifs is 13. The van der Waals surface area contributed by atoms with E-state index in [1.807, 2.05) is 18.2 Å². The van der Waals surface area contributed by atoms with Crippen LogP contribution in [0.5, 0.6) is 11.5 Å². The molecule has 5 N–H and O–H groups in total. The van der Waals surface area contributed by atoms with Crippen LogP contribution < -0.4 is 15.4 Å². The van der Waals surface area contributed by atoms with Crippen LogP contribution in [0.4, 0.5) is 0 Å². The number of nitrogens with one attached hydrogen (secondary N) is 2. The number of Topliss-reactive ketones (excluding diaryl/α,β-unsaturated/α-hetero) is 2. The second-order valence-corrected chi connectivity index (χ2v) is 22.2. The third-order valence-electron chi connectivity index (χ3n) is 16.2. The van der Waals surface area contributed by atoms with E-state index >= 15 is 0 Å². The maximum atomic E-state index is 15.0. The minimum atomic E-state index is -2.03. The number of nitrogens with zero attached hydrogens (tertiary/aromatic N) is 4. The van der Waals surface area contributed by atoms with Gasteiger partial charge in [-0.05, 0) is 31.4 Å². The molecule has 9 atom stereocenters. The number of rotatable bonds is 8. The summed E-state index contributed by atoms with van der Waals surface area (Å²) >= 11 is 0. The molecule has 7 aliphatic rings. The summed E-state index contributed by atoms with van der Waals surface area (Å²) in [4.78, 5) is 82.9. The number of ether oxygens (including phenoxy) is 4. The van der Waals surface area contributed by atoms with Gasteiger partial charge < -0.3 is 54.7 Å². The predicted molar refractivity (Wildman–Crippen MR) is 284 cm³/mol. The van der Waals surface area contributed by atoms with Gasteiger partial charge in [0.05, 0.1) is 47.1 Å². The molecule has 9 rings (SSSR count). The Balaban J connectivity index is 1.11. The molecule has 76 heavy (non-hydrogen) atoms. The minimum absolute atomic E-state index is 0.00358. The summed E-state index contributed by atoms with van der Waals surface area (Å²) in [6.45, 7) is 21.0. The van der Waals surface area contributed by atoms with E-state index in [0.717, 1.165) is 13.1 Å². The van der Waals surface area contributed by atoms with Crippen LogP contribution in [0.25, 0.3) is 0 Å². The van der Waals surface area contributed by atoms with E-state index in [1.165, 1.54) is 38.9 Å². The minimum Gasteiger partial charge on any atom is -0.507 e. The zero-order valence-electron chi connectivity index (χ0n) is 45.6. The summed E-state index contributed by atoms with van der Waals surface area (Å²) in [7, 11) is 1.45. The van der Waals surface area contributed by atoms with Gasteiger partial charge in [-0.15, -0.1) is 0 Å². The Morgan fingerprint density at radius 3 is 2.21 bits per heavy atom. The molecule has 6 heterocycles. The summed E-state index contributed by atoms with van der Waals surface area (Å²) in [5, 5.41) is 42.0. The van der Waals surface area contributed by atoms with Crippen molar-refractivity contribution in [1.29, 1.82) is 0 Å². The van der Waals surface area contributed by atoms with E-state index < -0.39 is 95.2 Å². The second kappa shape index (κ2) is 22.8. The van der Waals surface area contributed by atoms with Crippen LogP contribution in [-0.4, -0.2) is 154 Å². The van der Waals surface area contributed by atoms with Crippen molar-refractivity contribution in [2.75, 3.05) is 52.9 Å². The average molecular weight is 1050 g/mol. The van der Waals surface area contributed by atoms with Gasteiger partial charge in [0, 0.05) is 120 Å². The molecule has 0 aromatic heterocycles. The van der Waals surface area contributed by atoms with Crippen molar-refractivity contribution in [3.05, 3.63) is 106 Å². The molecule has 18 nitrogen and oxygen atoms in total. The van der Waals surface area contributed by atoms with E-state index in [4.69, 9.17) is 23.9 Å². The number of benzene rings is 2. The Morgan fingerprint density at radius 2 is 1.55 bits per heavy atom. The molecule has 2 saturated heterocycles. The highest BCUT2D eigenvalue weighted by atomic mass is 16.7. The van der Waals surface area contributed by atoms with E-state index in [-0.39, 0.29) is 56.6 Å². The Labute approximate surface area is 445 Å². The number of aliphatic imine (C=N–C) groups is 1. The molecule has 2 aromatic rings. The number of carbonyl (C=O) groups excluding carboxylic acids is 5. The van der Waals surface area contributed by atoms with Gasteiger partial charge in [-0.1, -0.05) is 90.1 Å². The number of aromatic hydroxyl groups is 1. The van der Waals surface area contributed by atoms with Crippen LogP contribution in [0.3, 0.4) is 0 Å². The monoisotopic (exact) mass is 1050 g/mol. The van der Waals surface area contributed by atoms with Gasteiger partial charge in [0.25, 0.3) is 11.7 Å². The molecule has 0 saturated carbocycles. The van der Waals surface area contributed by atoms with E-state index in [9.17, 15) is 39.3 Å². The van der Waals surface area contributed by atoms with Crippen LogP contribution in [0.15, 0.2) is 82.9 Å². The Kier molecular flexibility index (Phi) is 16.8. The molecule has 18 heteroatoms. The highest BCUT2D eigenvalue weighted by Gasteiger charge is 2.54. The number of piperazine rings is 1. The number of ketones is 2. The van der Waals surface area contributed by atoms with Crippen molar-refractivity contribution < 1.29 is 58.2 Å². The number of phenolic OH excluding ortho intramolecular Hbond substituents is 1.